The van der Waals surface area contributed by atoms with Gasteiger partial charge in [-0.2, -0.15) is 0 Å². The minimum atomic E-state index is -0.978. The van der Waals surface area contributed by atoms with E-state index in [0.717, 1.165) is 30.4 Å². The Bertz CT molecular complexity index is 1070. The first kappa shape index (κ1) is 20.1. The zero-order valence-electron chi connectivity index (χ0n) is 15.9. The fourth-order valence-electron chi connectivity index (χ4n) is 3.89. The Morgan fingerprint density at radius 1 is 1.10 bits per heavy atom. The second-order valence-electron chi connectivity index (χ2n) is 7.34. The number of carboxylic acids is 1. The molecule has 1 aliphatic rings. The first-order valence-electron chi connectivity index (χ1n) is 9.44. The van der Waals surface area contributed by atoms with Crippen LogP contribution in [0.4, 0.5) is 5.00 Å². The van der Waals surface area contributed by atoms with Crippen LogP contribution in [0.2, 0.25) is 0 Å². The molecule has 0 saturated heterocycles. The summed E-state index contributed by atoms with van der Waals surface area (Å²) in [6.07, 6.45) is 2.70. The second-order valence-corrected chi connectivity index (χ2v) is 9.16. The third-order valence-corrected chi connectivity index (χ3v) is 7.69. The van der Waals surface area contributed by atoms with E-state index in [2.05, 4.69) is 18.2 Å². The van der Waals surface area contributed by atoms with Gasteiger partial charge in [0.25, 0.3) is 5.91 Å². The van der Waals surface area contributed by atoms with Crippen molar-refractivity contribution in [1.29, 1.82) is 0 Å². The molecule has 0 bridgehead atoms. The number of hydrogen-bond donors (Lipinski definition) is 1. The molecule has 0 fully saturated rings. The Kier molecular flexibility index (Phi) is 5.74. The minimum absolute atomic E-state index is 0.153. The summed E-state index contributed by atoms with van der Waals surface area (Å²) >= 11 is 3.25. The van der Waals surface area contributed by atoms with Gasteiger partial charge in [0.2, 0.25) is 0 Å². The van der Waals surface area contributed by atoms with Crippen molar-refractivity contribution in [1.82, 2.24) is 0 Å². The zero-order valence-corrected chi connectivity index (χ0v) is 18.9. The highest BCUT2D eigenvalue weighted by molar-refractivity contribution is 14.1. The van der Waals surface area contributed by atoms with Gasteiger partial charge in [0.15, 0.2) is 0 Å². The molecule has 2 aromatic carbocycles. The standard InChI is InChI=1S/C23H20INO3S/c1-14-6-8-16(9-7-14)21(26)25(24)22-20(23(27)28)19(13-29-22)18-11-10-15-4-2-3-5-17(15)12-18/h2-9,13,18H,10-12H2,1H3,(H,27,28). The number of carbonyl (C=O) groups is 2. The summed E-state index contributed by atoms with van der Waals surface area (Å²) in [5.74, 6) is -1.04. The number of carbonyl (C=O) groups excluding carboxylic acids is 1. The highest BCUT2D eigenvalue weighted by atomic mass is 127. The maximum absolute atomic E-state index is 12.9. The van der Waals surface area contributed by atoms with Crippen molar-refractivity contribution in [2.75, 3.05) is 3.11 Å². The number of thiophene rings is 1. The number of fused-ring (bicyclic) bond motifs is 1. The van der Waals surface area contributed by atoms with Crippen molar-refractivity contribution in [2.45, 2.75) is 32.1 Å². The summed E-state index contributed by atoms with van der Waals surface area (Å²) < 4.78 is 1.44. The van der Waals surface area contributed by atoms with E-state index >= 15 is 0 Å². The van der Waals surface area contributed by atoms with E-state index in [1.165, 1.54) is 25.6 Å². The fraction of sp³-hybridized carbons (Fsp3) is 0.217. The number of anilines is 1. The second kappa shape index (κ2) is 8.28. The molecular formula is C23H20INO3S. The molecule has 0 aliphatic heterocycles. The van der Waals surface area contributed by atoms with Gasteiger partial charge in [-0.1, -0.05) is 42.0 Å². The minimum Gasteiger partial charge on any atom is -0.478 e. The number of hydrogen-bond acceptors (Lipinski definition) is 3. The number of halogens is 1. The summed E-state index contributed by atoms with van der Waals surface area (Å²) in [6.45, 7) is 1.96. The number of aromatic carboxylic acids is 1. The molecule has 6 heteroatoms. The van der Waals surface area contributed by atoms with Crippen molar-refractivity contribution in [2.24, 2.45) is 0 Å². The molecule has 29 heavy (non-hydrogen) atoms. The van der Waals surface area contributed by atoms with Crippen LogP contribution >= 0.6 is 34.2 Å². The Morgan fingerprint density at radius 2 is 1.79 bits per heavy atom. The SMILES string of the molecule is Cc1ccc(C(=O)N(I)c2scc(C3CCc4ccccc4C3)c2C(=O)O)cc1. The topological polar surface area (TPSA) is 57.6 Å². The van der Waals surface area contributed by atoms with Gasteiger partial charge in [-0.05, 0) is 66.3 Å². The molecule has 4 rings (SSSR count). The lowest BCUT2D eigenvalue weighted by Gasteiger charge is -2.25. The summed E-state index contributed by atoms with van der Waals surface area (Å²) in [5.41, 5.74) is 5.35. The molecule has 1 aliphatic carbocycles. The fourth-order valence-corrected chi connectivity index (χ4v) is 5.79. The van der Waals surface area contributed by atoms with Crippen molar-refractivity contribution >= 4 is 51.1 Å². The van der Waals surface area contributed by atoms with E-state index < -0.39 is 5.97 Å². The van der Waals surface area contributed by atoms with Gasteiger partial charge in [0.05, 0.1) is 28.4 Å². The first-order valence-corrected chi connectivity index (χ1v) is 11.3. The van der Waals surface area contributed by atoms with Crippen molar-refractivity contribution < 1.29 is 14.7 Å². The molecular weight excluding hydrogens is 497 g/mol. The third kappa shape index (κ3) is 3.96. The third-order valence-electron chi connectivity index (χ3n) is 5.46. The molecule has 1 N–H and O–H groups in total. The van der Waals surface area contributed by atoms with Gasteiger partial charge in [0, 0.05) is 5.56 Å². The van der Waals surface area contributed by atoms with Crippen LogP contribution in [-0.2, 0) is 12.8 Å². The van der Waals surface area contributed by atoms with E-state index in [1.807, 2.05) is 53.4 Å². The highest BCUT2D eigenvalue weighted by Gasteiger charge is 2.31. The number of nitrogens with zero attached hydrogens (tertiary/aromatic N) is 1. The average Bonchev–Trinajstić information content (AvgIpc) is 3.18. The predicted octanol–water partition coefficient (Wildman–Crippen LogP) is 6.02. The molecule has 0 radical (unpaired) electrons. The lowest BCUT2D eigenvalue weighted by Crippen LogP contribution is -2.22. The number of rotatable bonds is 4. The van der Waals surface area contributed by atoms with Gasteiger partial charge in [-0.15, -0.1) is 11.3 Å². The summed E-state index contributed by atoms with van der Waals surface area (Å²) in [5, 5.41) is 12.4. The maximum atomic E-state index is 12.9. The molecule has 1 amide bonds. The van der Waals surface area contributed by atoms with Crippen LogP contribution in [0.5, 0.6) is 0 Å². The molecule has 4 nitrogen and oxygen atoms in total. The first-order chi connectivity index (χ1) is 14.0. The van der Waals surface area contributed by atoms with E-state index in [4.69, 9.17) is 0 Å². The molecule has 148 valence electrons. The molecule has 1 unspecified atom stereocenters. The number of amides is 1. The number of carboxylic acid groups (broad SMARTS) is 1. The lowest BCUT2D eigenvalue weighted by molar-refractivity contribution is 0.0696. The molecule has 1 heterocycles. The lowest BCUT2D eigenvalue weighted by atomic mass is 9.80. The highest BCUT2D eigenvalue weighted by Crippen LogP contribution is 2.42. The Morgan fingerprint density at radius 3 is 2.48 bits per heavy atom. The molecule has 3 aromatic rings. The van der Waals surface area contributed by atoms with Crippen LogP contribution in [-0.4, -0.2) is 17.0 Å². The van der Waals surface area contributed by atoms with Crippen LogP contribution in [0.1, 0.15) is 55.3 Å². The normalized spacial score (nSPS) is 15.6. The Labute approximate surface area is 187 Å². The monoisotopic (exact) mass is 517 g/mol. The largest absolute Gasteiger partial charge is 0.478 e. The summed E-state index contributed by atoms with van der Waals surface area (Å²) in [6, 6.07) is 15.7. The Balaban J connectivity index is 1.66. The summed E-state index contributed by atoms with van der Waals surface area (Å²) in [7, 11) is 0. The van der Waals surface area contributed by atoms with Crippen LogP contribution in [0.15, 0.2) is 53.9 Å². The van der Waals surface area contributed by atoms with Crippen LogP contribution in [0.25, 0.3) is 0 Å². The van der Waals surface area contributed by atoms with Gasteiger partial charge in [0.1, 0.15) is 5.00 Å². The molecule has 0 spiro atoms. The Hall–Kier alpha value is -2.19. The van der Waals surface area contributed by atoms with Crippen molar-refractivity contribution in [3.8, 4) is 0 Å². The van der Waals surface area contributed by atoms with E-state index in [-0.39, 0.29) is 17.4 Å². The van der Waals surface area contributed by atoms with E-state index in [0.29, 0.717) is 10.6 Å². The van der Waals surface area contributed by atoms with Crippen molar-refractivity contribution in [3.63, 3.8) is 0 Å². The average molecular weight is 517 g/mol. The van der Waals surface area contributed by atoms with Crippen LogP contribution in [0, 0.1) is 6.92 Å². The molecule has 1 aromatic heterocycles. The van der Waals surface area contributed by atoms with Gasteiger partial charge in [-0.3, -0.25) is 4.79 Å². The van der Waals surface area contributed by atoms with Gasteiger partial charge in [-0.25, -0.2) is 7.91 Å². The summed E-state index contributed by atoms with van der Waals surface area (Å²) in [4.78, 5) is 25.1. The van der Waals surface area contributed by atoms with Gasteiger partial charge >= 0.3 is 5.97 Å². The maximum Gasteiger partial charge on any atom is 0.339 e. The van der Waals surface area contributed by atoms with Gasteiger partial charge < -0.3 is 5.11 Å². The predicted molar refractivity (Wildman–Crippen MR) is 124 cm³/mol. The molecule has 0 saturated carbocycles. The van der Waals surface area contributed by atoms with Crippen LogP contribution < -0.4 is 3.11 Å². The smallest absolute Gasteiger partial charge is 0.339 e. The quantitative estimate of drug-likeness (QED) is 0.340. The zero-order chi connectivity index (χ0) is 20.5. The van der Waals surface area contributed by atoms with Crippen molar-refractivity contribution in [3.05, 3.63) is 87.3 Å². The van der Waals surface area contributed by atoms with E-state index in [1.54, 1.807) is 12.1 Å². The molecule has 1 atom stereocenters. The number of benzene rings is 2. The van der Waals surface area contributed by atoms with E-state index in [9.17, 15) is 14.7 Å². The van der Waals surface area contributed by atoms with Crippen LogP contribution in [0.3, 0.4) is 0 Å². The number of aryl methyl sites for hydroxylation is 2.